The quantitative estimate of drug-likeness (QED) is 0.552. The number of hydrogen-bond acceptors (Lipinski definition) is 4. The molecule has 29 heavy (non-hydrogen) atoms. The van der Waals surface area contributed by atoms with E-state index in [-0.39, 0.29) is 0 Å². The lowest BCUT2D eigenvalue weighted by atomic mass is 10.1. The number of nitrogens with zero attached hydrogens (tertiary/aromatic N) is 3. The normalized spacial score (nSPS) is 13.8. The number of halogens is 1. The fourth-order valence-electron chi connectivity index (χ4n) is 3.19. The predicted molar refractivity (Wildman–Crippen MR) is 122 cm³/mol. The van der Waals surface area contributed by atoms with E-state index in [9.17, 15) is 0 Å². The van der Waals surface area contributed by atoms with Crippen LogP contribution in [-0.4, -0.2) is 60.5 Å². The van der Waals surface area contributed by atoms with Gasteiger partial charge in [0.25, 0.3) is 0 Å². The van der Waals surface area contributed by atoms with E-state index in [4.69, 9.17) is 9.47 Å². The van der Waals surface area contributed by atoms with Crippen molar-refractivity contribution in [2.24, 2.45) is 0 Å². The van der Waals surface area contributed by atoms with Gasteiger partial charge in [0.15, 0.2) is 0 Å². The highest BCUT2D eigenvalue weighted by Gasteiger charge is 2.11. The minimum Gasteiger partial charge on any atom is -0.475 e. The summed E-state index contributed by atoms with van der Waals surface area (Å²) in [5, 5.41) is 7.07. The second-order valence-electron chi connectivity index (χ2n) is 6.37. The molecule has 2 aromatic carbocycles. The van der Waals surface area contributed by atoms with Crippen LogP contribution >= 0.6 is 11.6 Å². The van der Waals surface area contributed by atoms with Crippen molar-refractivity contribution in [3.05, 3.63) is 54.2 Å². The Morgan fingerprint density at radius 2 is 1.69 bits per heavy atom. The summed E-state index contributed by atoms with van der Waals surface area (Å²) in [5.74, 6) is 0.680. The molecular weight excluding hydrogens is 386 g/mol. The summed E-state index contributed by atoms with van der Waals surface area (Å²) < 4.78 is 13.2. The average molecular weight is 418 g/mol. The minimum atomic E-state index is 0.647. The molecule has 1 fully saturated rings. The van der Waals surface area contributed by atoms with Gasteiger partial charge in [0.1, 0.15) is 6.61 Å². The number of benzene rings is 2. The number of rotatable bonds is 5. The molecular formula is C23H32ClN3O2. The van der Waals surface area contributed by atoms with Crippen LogP contribution in [0.2, 0.25) is 0 Å². The zero-order valence-electron chi connectivity index (χ0n) is 17.9. The van der Waals surface area contributed by atoms with Crippen molar-refractivity contribution in [2.45, 2.75) is 20.8 Å². The van der Waals surface area contributed by atoms with Gasteiger partial charge in [-0.1, -0.05) is 44.2 Å². The number of fused-ring (bicyclic) bond motifs is 1. The number of alkyl halides is 1. The lowest BCUT2D eigenvalue weighted by molar-refractivity contribution is 0.0320. The van der Waals surface area contributed by atoms with Crippen LogP contribution in [0.25, 0.3) is 16.5 Å². The van der Waals surface area contributed by atoms with Gasteiger partial charge < -0.3 is 9.47 Å². The highest BCUT2D eigenvalue weighted by atomic mass is 35.5. The van der Waals surface area contributed by atoms with Crippen LogP contribution in [0.5, 0.6) is 5.88 Å². The van der Waals surface area contributed by atoms with Crippen molar-refractivity contribution in [3.63, 3.8) is 0 Å². The smallest absolute Gasteiger partial charge is 0.233 e. The van der Waals surface area contributed by atoms with Crippen LogP contribution in [0.15, 0.2) is 48.5 Å². The zero-order chi connectivity index (χ0) is 21.1. The van der Waals surface area contributed by atoms with Crippen molar-refractivity contribution < 1.29 is 9.47 Å². The molecule has 5 nitrogen and oxygen atoms in total. The van der Waals surface area contributed by atoms with E-state index in [0.29, 0.717) is 12.5 Å². The van der Waals surface area contributed by atoms with E-state index < -0.39 is 0 Å². The Morgan fingerprint density at radius 1 is 1.00 bits per heavy atom. The predicted octanol–water partition coefficient (Wildman–Crippen LogP) is 4.93. The number of morpholine rings is 1. The van der Waals surface area contributed by atoms with Gasteiger partial charge in [0, 0.05) is 37.8 Å². The molecule has 1 saturated heterocycles. The van der Waals surface area contributed by atoms with Crippen LogP contribution in [0, 0.1) is 6.92 Å². The second-order valence-corrected chi connectivity index (χ2v) is 6.37. The molecule has 0 atom stereocenters. The third kappa shape index (κ3) is 6.46. The maximum atomic E-state index is 5.86. The molecule has 0 N–H and O–H groups in total. The Kier molecular flexibility index (Phi) is 9.98. The molecule has 3 aromatic rings. The van der Waals surface area contributed by atoms with E-state index in [1.807, 2.05) is 24.6 Å². The lowest BCUT2D eigenvalue weighted by Crippen LogP contribution is -2.38. The summed E-state index contributed by atoms with van der Waals surface area (Å²) in [6.07, 6.45) is 1.47. The van der Waals surface area contributed by atoms with Gasteiger partial charge in [-0.3, -0.25) is 4.90 Å². The standard InChI is InChI=1S/C20H23N3O2.C2H6.CH3Cl/c1-16-14-20(25-13-10-22-8-11-24-12-9-22)21-23(16)19-7-6-17-4-2-3-5-18(17)15-19;2*1-2/h2-7,14-15H,8-13H2,1H3;1-2H3;1H3. The first-order valence-electron chi connectivity index (χ1n) is 10.2. The van der Waals surface area contributed by atoms with Crippen LogP contribution in [-0.2, 0) is 4.74 Å². The molecule has 1 aliphatic heterocycles. The summed E-state index contributed by atoms with van der Waals surface area (Å²) in [6, 6.07) is 16.7. The van der Waals surface area contributed by atoms with Gasteiger partial charge in [0.05, 0.1) is 18.9 Å². The topological polar surface area (TPSA) is 39.5 Å². The first-order chi connectivity index (χ1) is 14.3. The van der Waals surface area contributed by atoms with Crippen molar-refractivity contribution in [1.82, 2.24) is 14.7 Å². The van der Waals surface area contributed by atoms with Crippen molar-refractivity contribution in [1.29, 1.82) is 0 Å². The van der Waals surface area contributed by atoms with Gasteiger partial charge in [-0.05, 0) is 29.8 Å². The Hall–Kier alpha value is -2.08. The fraction of sp³-hybridized carbons (Fsp3) is 0.435. The molecule has 1 aromatic heterocycles. The van der Waals surface area contributed by atoms with Crippen LogP contribution in [0.4, 0.5) is 0 Å². The SMILES string of the molecule is CC.CCl.Cc1cc(OCCN2CCOCC2)nn1-c1ccc2ccccc2c1. The molecule has 0 saturated carbocycles. The third-order valence-electron chi connectivity index (χ3n) is 4.60. The van der Waals surface area contributed by atoms with Crippen molar-refractivity contribution in [3.8, 4) is 11.6 Å². The zero-order valence-corrected chi connectivity index (χ0v) is 18.7. The molecule has 2 heterocycles. The molecule has 0 amide bonds. The highest BCUT2D eigenvalue weighted by Crippen LogP contribution is 2.21. The maximum Gasteiger partial charge on any atom is 0.233 e. The van der Waals surface area contributed by atoms with Gasteiger partial charge in [-0.2, -0.15) is 0 Å². The van der Waals surface area contributed by atoms with E-state index in [1.165, 1.54) is 17.2 Å². The number of aryl methyl sites for hydroxylation is 1. The Bertz CT molecular complexity index is 860. The Labute approximate surface area is 179 Å². The second kappa shape index (κ2) is 12.5. The van der Waals surface area contributed by atoms with Crippen LogP contribution in [0.1, 0.15) is 19.5 Å². The molecule has 6 heteroatoms. The lowest BCUT2D eigenvalue weighted by Gasteiger charge is -2.26. The maximum absolute atomic E-state index is 5.86. The van der Waals surface area contributed by atoms with E-state index >= 15 is 0 Å². The largest absolute Gasteiger partial charge is 0.475 e. The summed E-state index contributed by atoms with van der Waals surface area (Å²) >= 11 is 4.64. The number of aromatic nitrogens is 2. The minimum absolute atomic E-state index is 0.647. The average Bonchev–Trinajstić information content (AvgIpc) is 3.17. The van der Waals surface area contributed by atoms with Gasteiger partial charge in [-0.15, -0.1) is 16.7 Å². The summed E-state index contributed by atoms with van der Waals surface area (Å²) in [5.41, 5.74) is 2.12. The number of ether oxygens (including phenoxy) is 2. The van der Waals surface area contributed by atoms with Crippen LogP contribution < -0.4 is 4.74 Å². The summed E-state index contributed by atoms with van der Waals surface area (Å²) in [4.78, 5) is 2.36. The van der Waals surface area contributed by atoms with Gasteiger partial charge in [0.2, 0.25) is 5.88 Å². The molecule has 0 aliphatic carbocycles. The Balaban J connectivity index is 0.000000707. The first kappa shape index (κ1) is 23.2. The summed E-state index contributed by atoms with van der Waals surface area (Å²) in [6.45, 7) is 11.2. The van der Waals surface area contributed by atoms with Crippen molar-refractivity contribution >= 4 is 22.4 Å². The van der Waals surface area contributed by atoms with Crippen LogP contribution in [0.3, 0.4) is 0 Å². The number of hydrogen-bond donors (Lipinski definition) is 0. The molecule has 0 spiro atoms. The highest BCUT2D eigenvalue weighted by molar-refractivity contribution is 6.15. The van der Waals surface area contributed by atoms with Crippen molar-refractivity contribution in [2.75, 3.05) is 45.8 Å². The molecule has 0 bridgehead atoms. The van der Waals surface area contributed by atoms with E-state index in [1.54, 1.807) is 0 Å². The third-order valence-corrected chi connectivity index (χ3v) is 4.60. The molecule has 0 radical (unpaired) electrons. The van der Waals surface area contributed by atoms with E-state index in [2.05, 4.69) is 71.0 Å². The Morgan fingerprint density at radius 3 is 2.41 bits per heavy atom. The molecule has 4 rings (SSSR count). The van der Waals surface area contributed by atoms with Gasteiger partial charge >= 0.3 is 0 Å². The fourth-order valence-corrected chi connectivity index (χ4v) is 3.19. The summed E-state index contributed by atoms with van der Waals surface area (Å²) in [7, 11) is 0. The first-order valence-corrected chi connectivity index (χ1v) is 10.9. The molecule has 158 valence electrons. The monoisotopic (exact) mass is 417 g/mol. The van der Waals surface area contributed by atoms with Gasteiger partial charge in [-0.25, -0.2) is 4.68 Å². The molecule has 1 aliphatic rings. The molecule has 0 unspecified atom stereocenters. The van der Waals surface area contributed by atoms with E-state index in [0.717, 1.165) is 44.2 Å².